The second-order valence-corrected chi connectivity index (χ2v) is 4.53. The van der Waals surface area contributed by atoms with Crippen LogP contribution in [0.15, 0.2) is 4.99 Å². The Labute approximate surface area is 87.5 Å². The Hall–Kier alpha value is -0.410. The summed E-state index contributed by atoms with van der Waals surface area (Å²) in [6.45, 7) is 10.8. The molecular formula is C11H23NO2. The minimum Gasteiger partial charge on any atom is -0.379 e. The van der Waals surface area contributed by atoms with Crippen molar-refractivity contribution in [3.05, 3.63) is 0 Å². The summed E-state index contributed by atoms with van der Waals surface area (Å²) in [5.41, 5.74) is -0.0233. The van der Waals surface area contributed by atoms with Crippen LogP contribution in [0.25, 0.3) is 0 Å². The van der Waals surface area contributed by atoms with E-state index in [9.17, 15) is 0 Å². The van der Waals surface area contributed by atoms with Gasteiger partial charge in [0.1, 0.15) is 0 Å². The number of aliphatic imine (C=N–C) groups is 1. The topological polar surface area (TPSA) is 30.8 Å². The van der Waals surface area contributed by atoms with Crippen LogP contribution in [-0.2, 0) is 9.47 Å². The average Bonchev–Trinajstić information content (AvgIpc) is 2.09. The molecular weight excluding hydrogens is 178 g/mol. The van der Waals surface area contributed by atoms with Crippen LogP contribution in [-0.4, -0.2) is 37.7 Å². The maximum absolute atomic E-state index is 5.52. The SMILES string of the molecule is COC(C)COC(C)/C=N/C(C)(C)C. The number of nitrogens with zero attached hydrogens (tertiary/aromatic N) is 1. The molecule has 0 saturated carbocycles. The molecule has 0 amide bonds. The second-order valence-electron chi connectivity index (χ2n) is 4.53. The van der Waals surface area contributed by atoms with E-state index in [1.807, 2.05) is 20.1 Å². The number of ether oxygens (including phenoxy) is 2. The highest BCUT2D eigenvalue weighted by Gasteiger charge is 2.07. The van der Waals surface area contributed by atoms with Crippen molar-refractivity contribution in [1.82, 2.24) is 0 Å². The molecule has 3 nitrogen and oxygen atoms in total. The molecule has 0 aromatic rings. The van der Waals surface area contributed by atoms with Gasteiger partial charge in [-0.3, -0.25) is 4.99 Å². The molecule has 14 heavy (non-hydrogen) atoms. The molecule has 0 aromatic carbocycles. The first-order chi connectivity index (χ1) is 6.35. The predicted octanol–water partition coefficient (Wildman–Crippen LogP) is 2.30. The van der Waals surface area contributed by atoms with Crippen molar-refractivity contribution in [2.24, 2.45) is 4.99 Å². The van der Waals surface area contributed by atoms with Gasteiger partial charge in [0.15, 0.2) is 0 Å². The van der Waals surface area contributed by atoms with Crippen molar-refractivity contribution < 1.29 is 9.47 Å². The molecule has 0 heterocycles. The maximum Gasteiger partial charge on any atom is 0.0895 e. The molecule has 0 bridgehead atoms. The highest BCUT2D eigenvalue weighted by atomic mass is 16.5. The van der Waals surface area contributed by atoms with Crippen LogP contribution in [0.2, 0.25) is 0 Å². The fourth-order valence-electron chi connectivity index (χ4n) is 0.727. The van der Waals surface area contributed by atoms with E-state index in [1.165, 1.54) is 0 Å². The van der Waals surface area contributed by atoms with Gasteiger partial charge in [0.2, 0.25) is 0 Å². The van der Waals surface area contributed by atoms with Gasteiger partial charge in [-0.25, -0.2) is 0 Å². The van der Waals surface area contributed by atoms with Crippen molar-refractivity contribution in [3.63, 3.8) is 0 Å². The monoisotopic (exact) mass is 201 g/mol. The van der Waals surface area contributed by atoms with Gasteiger partial charge in [-0.1, -0.05) is 0 Å². The van der Waals surface area contributed by atoms with Crippen molar-refractivity contribution in [2.45, 2.75) is 52.4 Å². The van der Waals surface area contributed by atoms with Crippen molar-refractivity contribution in [2.75, 3.05) is 13.7 Å². The first-order valence-corrected chi connectivity index (χ1v) is 5.05. The predicted molar refractivity (Wildman–Crippen MR) is 60.1 cm³/mol. The van der Waals surface area contributed by atoms with Gasteiger partial charge in [0.05, 0.1) is 24.4 Å². The summed E-state index contributed by atoms with van der Waals surface area (Å²) in [6, 6.07) is 0. The molecule has 0 aliphatic rings. The Morgan fingerprint density at radius 3 is 2.29 bits per heavy atom. The molecule has 0 saturated heterocycles. The van der Waals surface area contributed by atoms with Crippen LogP contribution >= 0.6 is 0 Å². The molecule has 0 spiro atoms. The van der Waals surface area contributed by atoms with E-state index in [2.05, 4.69) is 25.8 Å². The largest absolute Gasteiger partial charge is 0.379 e. The number of methoxy groups -OCH3 is 1. The zero-order valence-electron chi connectivity index (χ0n) is 10.2. The Morgan fingerprint density at radius 2 is 1.86 bits per heavy atom. The van der Waals surface area contributed by atoms with Gasteiger partial charge in [0, 0.05) is 13.3 Å². The van der Waals surface area contributed by atoms with Crippen LogP contribution in [0.4, 0.5) is 0 Å². The van der Waals surface area contributed by atoms with Gasteiger partial charge in [-0.05, 0) is 34.6 Å². The van der Waals surface area contributed by atoms with Gasteiger partial charge < -0.3 is 9.47 Å². The molecule has 0 N–H and O–H groups in total. The Kier molecular flexibility index (Phi) is 5.96. The van der Waals surface area contributed by atoms with Crippen molar-refractivity contribution in [3.8, 4) is 0 Å². The van der Waals surface area contributed by atoms with E-state index < -0.39 is 0 Å². The van der Waals surface area contributed by atoms with Crippen LogP contribution in [0, 0.1) is 0 Å². The lowest BCUT2D eigenvalue weighted by Crippen LogP contribution is -2.21. The quantitative estimate of drug-likeness (QED) is 0.639. The third-order valence-corrected chi connectivity index (χ3v) is 1.67. The lowest BCUT2D eigenvalue weighted by atomic mass is 10.1. The number of rotatable bonds is 5. The number of hydrogen-bond donors (Lipinski definition) is 0. The van der Waals surface area contributed by atoms with Crippen molar-refractivity contribution in [1.29, 1.82) is 0 Å². The van der Waals surface area contributed by atoms with Crippen LogP contribution in [0.3, 0.4) is 0 Å². The molecule has 0 aliphatic heterocycles. The van der Waals surface area contributed by atoms with E-state index in [0.29, 0.717) is 6.61 Å². The highest BCUT2D eigenvalue weighted by molar-refractivity contribution is 5.62. The third-order valence-electron chi connectivity index (χ3n) is 1.67. The zero-order chi connectivity index (χ0) is 11.2. The Balaban J connectivity index is 3.76. The molecule has 2 unspecified atom stereocenters. The van der Waals surface area contributed by atoms with E-state index in [0.717, 1.165) is 0 Å². The van der Waals surface area contributed by atoms with Gasteiger partial charge >= 0.3 is 0 Å². The first-order valence-electron chi connectivity index (χ1n) is 5.05. The summed E-state index contributed by atoms with van der Waals surface area (Å²) in [7, 11) is 1.68. The van der Waals surface area contributed by atoms with Gasteiger partial charge in [0.25, 0.3) is 0 Å². The molecule has 0 aromatic heterocycles. The summed E-state index contributed by atoms with van der Waals surface area (Å²) in [4.78, 5) is 4.37. The van der Waals surface area contributed by atoms with Crippen LogP contribution in [0.5, 0.6) is 0 Å². The zero-order valence-corrected chi connectivity index (χ0v) is 10.2. The second kappa shape index (κ2) is 6.14. The molecule has 0 radical (unpaired) electrons. The lowest BCUT2D eigenvalue weighted by Gasteiger charge is -2.15. The smallest absolute Gasteiger partial charge is 0.0895 e. The van der Waals surface area contributed by atoms with Crippen molar-refractivity contribution >= 4 is 6.21 Å². The van der Waals surface area contributed by atoms with Gasteiger partial charge in [-0.15, -0.1) is 0 Å². The minimum absolute atomic E-state index is 0.0233. The molecule has 84 valence electrons. The Morgan fingerprint density at radius 1 is 1.29 bits per heavy atom. The molecule has 0 rings (SSSR count). The van der Waals surface area contributed by atoms with E-state index in [1.54, 1.807) is 7.11 Å². The molecule has 0 aliphatic carbocycles. The average molecular weight is 201 g/mol. The maximum atomic E-state index is 5.52. The van der Waals surface area contributed by atoms with Crippen LogP contribution < -0.4 is 0 Å². The van der Waals surface area contributed by atoms with E-state index in [4.69, 9.17) is 9.47 Å². The summed E-state index contributed by atoms with van der Waals surface area (Å²) >= 11 is 0. The lowest BCUT2D eigenvalue weighted by molar-refractivity contribution is 0.00861. The number of hydrogen-bond acceptors (Lipinski definition) is 3. The Bertz CT molecular complexity index is 173. The summed E-state index contributed by atoms with van der Waals surface area (Å²) in [5.74, 6) is 0. The fourth-order valence-corrected chi connectivity index (χ4v) is 0.727. The molecule has 2 atom stereocenters. The van der Waals surface area contributed by atoms with Gasteiger partial charge in [-0.2, -0.15) is 0 Å². The normalized spacial score (nSPS) is 17.3. The standard InChI is InChI=1S/C11H23NO2/c1-9(7-12-11(3,4)5)14-8-10(2)13-6/h7,9-10H,8H2,1-6H3/b12-7+. The third kappa shape index (κ3) is 8.20. The summed E-state index contributed by atoms with van der Waals surface area (Å²) in [5, 5.41) is 0. The summed E-state index contributed by atoms with van der Waals surface area (Å²) < 4.78 is 10.6. The minimum atomic E-state index is -0.0233. The first kappa shape index (κ1) is 13.6. The van der Waals surface area contributed by atoms with E-state index >= 15 is 0 Å². The molecule has 3 heteroatoms. The highest BCUT2D eigenvalue weighted by Crippen LogP contribution is 2.05. The van der Waals surface area contributed by atoms with Crippen LogP contribution in [0.1, 0.15) is 34.6 Å². The molecule has 0 fully saturated rings. The summed E-state index contributed by atoms with van der Waals surface area (Å²) in [6.07, 6.45) is 2.04. The van der Waals surface area contributed by atoms with E-state index in [-0.39, 0.29) is 17.7 Å². The fraction of sp³-hybridized carbons (Fsp3) is 0.909.